The molecule has 0 saturated heterocycles. The van der Waals surface area contributed by atoms with Crippen LogP contribution in [-0.4, -0.2) is 23.1 Å². The van der Waals surface area contributed by atoms with Crippen LogP contribution in [0.5, 0.6) is 0 Å². The van der Waals surface area contributed by atoms with Gasteiger partial charge in [0, 0.05) is 4.47 Å². The predicted octanol–water partition coefficient (Wildman–Crippen LogP) is 4.32. The number of fused-ring (bicyclic) bond motifs is 1. The number of carbonyl (C=O) groups is 2. The van der Waals surface area contributed by atoms with Crippen LogP contribution in [0.2, 0.25) is 0 Å². The summed E-state index contributed by atoms with van der Waals surface area (Å²) < 4.78 is 8.69. The molecular weight excluding hydrogens is 440 g/mol. The molecule has 0 bridgehead atoms. The van der Waals surface area contributed by atoms with E-state index in [1.807, 2.05) is 44.2 Å². The van der Waals surface area contributed by atoms with Gasteiger partial charge in [-0.2, -0.15) is 4.99 Å². The molecule has 28 heavy (non-hydrogen) atoms. The molecule has 1 aromatic heterocycles. The third-order valence-electron chi connectivity index (χ3n) is 4.30. The number of benzene rings is 2. The maximum Gasteiger partial charge on any atom is 0.326 e. The first-order valence-electron chi connectivity index (χ1n) is 8.95. The molecule has 0 fully saturated rings. The number of ether oxygens (including phenoxy) is 1. The second kappa shape index (κ2) is 8.84. The molecule has 0 unspecified atom stereocenters. The van der Waals surface area contributed by atoms with E-state index in [4.69, 9.17) is 4.74 Å². The fourth-order valence-electron chi connectivity index (χ4n) is 2.97. The number of aryl methyl sites for hydroxylation is 2. The Morgan fingerprint density at radius 1 is 1.18 bits per heavy atom. The first kappa shape index (κ1) is 20.5. The number of nitrogens with zero attached hydrogens (tertiary/aromatic N) is 2. The van der Waals surface area contributed by atoms with Crippen molar-refractivity contribution in [2.75, 3.05) is 6.61 Å². The van der Waals surface area contributed by atoms with Gasteiger partial charge in [-0.3, -0.25) is 9.59 Å². The van der Waals surface area contributed by atoms with E-state index in [2.05, 4.69) is 27.0 Å². The topological polar surface area (TPSA) is 60.7 Å². The van der Waals surface area contributed by atoms with E-state index in [1.165, 1.54) is 11.3 Å². The number of carbonyl (C=O) groups excluding carboxylic acids is 2. The number of hydrogen-bond acceptors (Lipinski definition) is 4. The Labute approximate surface area is 175 Å². The van der Waals surface area contributed by atoms with Crippen LogP contribution in [0.3, 0.4) is 0 Å². The van der Waals surface area contributed by atoms with Crippen molar-refractivity contribution in [3.05, 3.63) is 62.4 Å². The second-order valence-electron chi connectivity index (χ2n) is 6.50. The van der Waals surface area contributed by atoms with Crippen LogP contribution in [0, 0.1) is 13.8 Å². The molecular formula is C21H21BrN2O3S. The maximum atomic E-state index is 12.6. The SMILES string of the molecule is CCOC(=O)Cn1c(=NC(=O)Cc2ccc(C)cc2C)sc2cc(Br)ccc21. The molecule has 3 rings (SSSR count). The predicted molar refractivity (Wildman–Crippen MR) is 114 cm³/mol. The molecule has 0 aliphatic carbocycles. The summed E-state index contributed by atoms with van der Waals surface area (Å²) in [5.41, 5.74) is 4.04. The van der Waals surface area contributed by atoms with Crippen molar-refractivity contribution in [3.8, 4) is 0 Å². The fraction of sp³-hybridized carbons (Fsp3) is 0.286. The zero-order valence-corrected chi connectivity index (χ0v) is 18.4. The van der Waals surface area contributed by atoms with Gasteiger partial charge < -0.3 is 9.30 Å². The van der Waals surface area contributed by atoms with Gasteiger partial charge in [0.1, 0.15) is 6.54 Å². The smallest absolute Gasteiger partial charge is 0.326 e. The summed E-state index contributed by atoms with van der Waals surface area (Å²) in [5.74, 6) is -0.594. The molecule has 0 radical (unpaired) electrons. The van der Waals surface area contributed by atoms with Gasteiger partial charge in [-0.05, 0) is 50.1 Å². The van der Waals surface area contributed by atoms with Gasteiger partial charge >= 0.3 is 5.97 Å². The average molecular weight is 461 g/mol. The summed E-state index contributed by atoms with van der Waals surface area (Å²) in [6, 6.07) is 11.8. The molecule has 0 atom stereocenters. The Hall–Kier alpha value is -2.25. The van der Waals surface area contributed by atoms with E-state index in [0.29, 0.717) is 11.4 Å². The van der Waals surface area contributed by atoms with Crippen molar-refractivity contribution in [2.24, 2.45) is 4.99 Å². The van der Waals surface area contributed by atoms with E-state index < -0.39 is 0 Å². The normalized spacial score (nSPS) is 11.8. The molecule has 0 aliphatic heterocycles. The third kappa shape index (κ3) is 4.77. The van der Waals surface area contributed by atoms with Crippen LogP contribution in [0.4, 0.5) is 0 Å². The highest BCUT2D eigenvalue weighted by Gasteiger charge is 2.13. The Kier molecular flexibility index (Phi) is 6.46. The van der Waals surface area contributed by atoms with Crippen molar-refractivity contribution in [1.82, 2.24) is 4.57 Å². The van der Waals surface area contributed by atoms with Crippen molar-refractivity contribution >= 4 is 49.4 Å². The zero-order chi connectivity index (χ0) is 20.3. The van der Waals surface area contributed by atoms with Gasteiger partial charge in [0.2, 0.25) is 0 Å². The summed E-state index contributed by atoms with van der Waals surface area (Å²) in [4.78, 5) is 29.5. The molecule has 146 valence electrons. The summed E-state index contributed by atoms with van der Waals surface area (Å²) in [6.45, 7) is 6.12. The molecule has 0 aliphatic rings. The molecule has 5 nitrogen and oxygen atoms in total. The van der Waals surface area contributed by atoms with Crippen molar-refractivity contribution in [1.29, 1.82) is 0 Å². The van der Waals surface area contributed by atoms with Gasteiger partial charge in [-0.1, -0.05) is 51.0 Å². The molecule has 0 spiro atoms. The van der Waals surface area contributed by atoms with Gasteiger partial charge in [-0.15, -0.1) is 0 Å². The second-order valence-corrected chi connectivity index (χ2v) is 8.42. The minimum Gasteiger partial charge on any atom is -0.465 e. The minimum absolute atomic E-state index is 0.0190. The molecule has 0 N–H and O–H groups in total. The lowest BCUT2D eigenvalue weighted by Gasteiger charge is -2.06. The van der Waals surface area contributed by atoms with Gasteiger partial charge in [-0.25, -0.2) is 0 Å². The first-order valence-corrected chi connectivity index (χ1v) is 10.6. The van der Waals surface area contributed by atoms with E-state index in [-0.39, 0.29) is 24.8 Å². The highest BCUT2D eigenvalue weighted by molar-refractivity contribution is 9.10. The van der Waals surface area contributed by atoms with E-state index >= 15 is 0 Å². The maximum absolute atomic E-state index is 12.6. The largest absolute Gasteiger partial charge is 0.465 e. The van der Waals surface area contributed by atoms with Gasteiger partial charge in [0.05, 0.1) is 23.2 Å². The van der Waals surface area contributed by atoms with Crippen molar-refractivity contribution in [2.45, 2.75) is 33.7 Å². The molecule has 2 aromatic carbocycles. The van der Waals surface area contributed by atoms with Crippen LogP contribution < -0.4 is 4.80 Å². The van der Waals surface area contributed by atoms with Crippen LogP contribution in [0.15, 0.2) is 45.9 Å². The lowest BCUT2D eigenvalue weighted by atomic mass is 10.0. The highest BCUT2D eigenvalue weighted by atomic mass is 79.9. The molecule has 1 heterocycles. The molecule has 7 heteroatoms. The summed E-state index contributed by atoms with van der Waals surface area (Å²) in [7, 11) is 0. The number of esters is 1. The summed E-state index contributed by atoms with van der Waals surface area (Å²) >= 11 is 4.84. The lowest BCUT2D eigenvalue weighted by Crippen LogP contribution is -2.23. The van der Waals surface area contributed by atoms with E-state index in [9.17, 15) is 9.59 Å². The van der Waals surface area contributed by atoms with Crippen molar-refractivity contribution in [3.63, 3.8) is 0 Å². The lowest BCUT2D eigenvalue weighted by molar-refractivity contribution is -0.143. The average Bonchev–Trinajstić information content (AvgIpc) is 2.93. The number of rotatable bonds is 5. The summed E-state index contributed by atoms with van der Waals surface area (Å²) in [5, 5.41) is 0. The van der Waals surface area contributed by atoms with Crippen LogP contribution in [-0.2, 0) is 27.3 Å². The quantitative estimate of drug-likeness (QED) is 0.532. The fourth-order valence-corrected chi connectivity index (χ4v) is 4.57. The molecule has 0 saturated carbocycles. The molecule has 1 amide bonds. The van der Waals surface area contributed by atoms with Gasteiger partial charge in [0.25, 0.3) is 5.91 Å². The number of aromatic nitrogens is 1. The number of thiazole rings is 1. The van der Waals surface area contributed by atoms with E-state index in [1.54, 1.807) is 11.5 Å². The van der Waals surface area contributed by atoms with Crippen LogP contribution in [0.1, 0.15) is 23.6 Å². The number of amides is 1. The molecule has 3 aromatic rings. The van der Waals surface area contributed by atoms with Crippen LogP contribution >= 0.6 is 27.3 Å². The monoisotopic (exact) mass is 460 g/mol. The third-order valence-corrected chi connectivity index (χ3v) is 5.83. The Bertz CT molecular complexity index is 1110. The van der Waals surface area contributed by atoms with E-state index in [0.717, 1.165) is 31.4 Å². The minimum atomic E-state index is -0.353. The Balaban J connectivity index is 1.99. The van der Waals surface area contributed by atoms with Gasteiger partial charge in [0.15, 0.2) is 4.80 Å². The number of halogens is 1. The summed E-state index contributed by atoms with van der Waals surface area (Å²) in [6.07, 6.45) is 0.226. The first-order chi connectivity index (χ1) is 13.4. The zero-order valence-electron chi connectivity index (χ0n) is 16.0. The van der Waals surface area contributed by atoms with Crippen molar-refractivity contribution < 1.29 is 14.3 Å². The Morgan fingerprint density at radius 2 is 1.96 bits per heavy atom. The highest BCUT2D eigenvalue weighted by Crippen LogP contribution is 2.22. The standard InChI is InChI=1S/C21H21BrN2O3S/c1-4-27-20(26)12-24-17-8-7-16(22)11-18(17)28-21(24)23-19(25)10-15-6-5-13(2)9-14(15)3/h5-9,11H,4,10,12H2,1-3H3. The van der Waals surface area contributed by atoms with Crippen LogP contribution in [0.25, 0.3) is 10.2 Å². The number of hydrogen-bond donors (Lipinski definition) is 0. The Morgan fingerprint density at radius 3 is 2.68 bits per heavy atom.